The first-order valence-electron chi connectivity index (χ1n) is 13.1. The zero-order valence-electron chi connectivity index (χ0n) is 22.9. The number of carbonyl (C=O) groups excluding carboxylic acids is 3. The molecule has 9 nitrogen and oxygen atoms in total. The molecule has 38 heavy (non-hydrogen) atoms. The van der Waals surface area contributed by atoms with E-state index in [-0.39, 0.29) is 30.3 Å². The third-order valence-corrected chi connectivity index (χ3v) is 6.64. The van der Waals surface area contributed by atoms with Gasteiger partial charge in [0.15, 0.2) is 0 Å². The number of carbonyl (C=O) groups is 3. The maximum atomic E-state index is 13.7. The van der Waals surface area contributed by atoms with Crippen molar-refractivity contribution < 1.29 is 19.1 Å². The fraction of sp³-hybridized carbons (Fsp3) is 0.483. The number of benzene rings is 2. The maximum Gasteiger partial charge on any atom is 0.247 e. The van der Waals surface area contributed by atoms with E-state index < -0.39 is 17.5 Å². The number of likely N-dealkylation sites (tertiary alicyclic amines) is 1. The minimum absolute atomic E-state index is 0.0138. The summed E-state index contributed by atoms with van der Waals surface area (Å²) in [6.07, 6.45) is 1.18. The van der Waals surface area contributed by atoms with Crippen LogP contribution in [0.5, 0.6) is 0 Å². The van der Waals surface area contributed by atoms with E-state index in [2.05, 4.69) is 10.7 Å². The molecular formula is C29H41N5O4. The van der Waals surface area contributed by atoms with Gasteiger partial charge in [-0.25, -0.2) is 5.01 Å². The van der Waals surface area contributed by atoms with Gasteiger partial charge in [-0.3, -0.25) is 19.8 Å². The lowest BCUT2D eigenvalue weighted by atomic mass is 9.80. The molecular weight excluding hydrogens is 482 g/mol. The van der Waals surface area contributed by atoms with E-state index in [0.717, 1.165) is 11.1 Å². The van der Waals surface area contributed by atoms with E-state index in [1.807, 2.05) is 60.7 Å². The molecule has 1 heterocycles. The minimum atomic E-state index is -1.15. The van der Waals surface area contributed by atoms with Crippen LogP contribution in [0.15, 0.2) is 60.7 Å². The number of nitrogens with zero attached hydrogens (tertiary/aromatic N) is 2. The second-order valence-electron chi connectivity index (χ2n) is 10.7. The quantitative estimate of drug-likeness (QED) is 0.386. The molecule has 2 aromatic carbocycles. The van der Waals surface area contributed by atoms with E-state index in [0.29, 0.717) is 32.5 Å². The van der Waals surface area contributed by atoms with Crippen molar-refractivity contribution in [3.05, 3.63) is 71.8 Å². The van der Waals surface area contributed by atoms with Crippen LogP contribution in [-0.2, 0) is 32.1 Å². The molecule has 1 aliphatic rings. The SMILES string of the molecule is CN(C)NC(=O)[C@H]1CCN(C(=O)[C@@H](COCc2ccccc2)NC(=O)C(C)(C)N)C[C@@H]1Cc1ccccc1. The van der Waals surface area contributed by atoms with Gasteiger partial charge in [-0.2, -0.15) is 0 Å². The van der Waals surface area contributed by atoms with Crippen molar-refractivity contribution in [2.75, 3.05) is 33.8 Å². The first kappa shape index (κ1) is 29.3. The van der Waals surface area contributed by atoms with Gasteiger partial charge in [0.05, 0.1) is 18.8 Å². The topological polar surface area (TPSA) is 117 Å². The number of hydrazine groups is 1. The summed E-state index contributed by atoms with van der Waals surface area (Å²) < 4.78 is 5.86. The monoisotopic (exact) mass is 523 g/mol. The largest absolute Gasteiger partial charge is 0.374 e. The van der Waals surface area contributed by atoms with Crippen LogP contribution >= 0.6 is 0 Å². The van der Waals surface area contributed by atoms with Gasteiger partial charge in [-0.1, -0.05) is 60.7 Å². The molecule has 3 rings (SSSR count). The maximum absolute atomic E-state index is 13.7. The highest BCUT2D eigenvalue weighted by molar-refractivity contribution is 5.91. The van der Waals surface area contributed by atoms with Crippen LogP contribution in [0, 0.1) is 11.8 Å². The summed E-state index contributed by atoms with van der Waals surface area (Å²) in [6, 6.07) is 18.7. The highest BCUT2D eigenvalue weighted by Gasteiger charge is 2.38. The number of nitrogens with two attached hydrogens (primary N) is 1. The fourth-order valence-corrected chi connectivity index (χ4v) is 4.61. The van der Waals surface area contributed by atoms with Gasteiger partial charge in [-0.05, 0) is 43.7 Å². The molecule has 1 aliphatic heterocycles. The molecule has 0 radical (unpaired) electrons. The van der Waals surface area contributed by atoms with Crippen molar-refractivity contribution in [2.24, 2.45) is 17.6 Å². The van der Waals surface area contributed by atoms with Crippen molar-refractivity contribution >= 4 is 17.7 Å². The van der Waals surface area contributed by atoms with Crippen molar-refractivity contribution in [1.82, 2.24) is 20.7 Å². The van der Waals surface area contributed by atoms with E-state index in [1.165, 1.54) is 0 Å². The molecule has 1 fully saturated rings. The number of hydrogen-bond donors (Lipinski definition) is 3. The van der Waals surface area contributed by atoms with Gasteiger partial charge in [-0.15, -0.1) is 0 Å². The van der Waals surface area contributed by atoms with Gasteiger partial charge >= 0.3 is 0 Å². The van der Waals surface area contributed by atoms with Crippen LogP contribution in [0.4, 0.5) is 0 Å². The van der Waals surface area contributed by atoms with Crippen LogP contribution in [0.25, 0.3) is 0 Å². The molecule has 0 aliphatic carbocycles. The number of piperidine rings is 1. The summed E-state index contributed by atoms with van der Waals surface area (Å²) in [6.45, 7) is 4.33. The number of nitrogens with one attached hydrogen (secondary N) is 2. The molecule has 206 valence electrons. The highest BCUT2D eigenvalue weighted by Crippen LogP contribution is 2.28. The molecule has 0 bridgehead atoms. The van der Waals surface area contributed by atoms with Gasteiger partial charge in [0.2, 0.25) is 17.7 Å². The zero-order chi connectivity index (χ0) is 27.7. The molecule has 0 unspecified atom stereocenters. The van der Waals surface area contributed by atoms with Crippen LogP contribution < -0.4 is 16.5 Å². The fourth-order valence-electron chi connectivity index (χ4n) is 4.61. The molecule has 2 aromatic rings. The first-order valence-corrected chi connectivity index (χ1v) is 13.1. The predicted molar refractivity (Wildman–Crippen MR) is 146 cm³/mol. The third kappa shape index (κ3) is 8.65. The Morgan fingerprint density at radius 3 is 2.24 bits per heavy atom. The molecule has 9 heteroatoms. The van der Waals surface area contributed by atoms with Crippen LogP contribution in [0.2, 0.25) is 0 Å². The molecule has 4 N–H and O–H groups in total. The van der Waals surface area contributed by atoms with Crippen molar-refractivity contribution in [2.45, 2.75) is 44.9 Å². The minimum Gasteiger partial charge on any atom is -0.374 e. The van der Waals surface area contributed by atoms with Crippen LogP contribution in [0.1, 0.15) is 31.4 Å². The average Bonchev–Trinajstić information content (AvgIpc) is 2.87. The molecule has 0 aromatic heterocycles. The van der Waals surface area contributed by atoms with Crippen LogP contribution in [0.3, 0.4) is 0 Å². The molecule has 1 saturated heterocycles. The number of ether oxygens (including phenoxy) is 1. The Hall–Kier alpha value is -3.27. The van der Waals surface area contributed by atoms with E-state index in [1.54, 1.807) is 37.9 Å². The third-order valence-electron chi connectivity index (χ3n) is 6.64. The molecule has 3 amide bonds. The smallest absolute Gasteiger partial charge is 0.247 e. The van der Waals surface area contributed by atoms with Crippen molar-refractivity contribution in [1.29, 1.82) is 0 Å². The molecule has 0 spiro atoms. The summed E-state index contributed by atoms with van der Waals surface area (Å²) in [5.74, 6) is -1.04. The van der Waals surface area contributed by atoms with Crippen molar-refractivity contribution in [3.8, 4) is 0 Å². The number of rotatable bonds is 11. The van der Waals surface area contributed by atoms with Crippen molar-refractivity contribution in [3.63, 3.8) is 0 Å². The Morgan fingerprint density at radius 2 is 1.66 bits per heavy atom. The number of amides is 3. The average molecular weight is 524 g/mol. The van der Waals surface area contributed by atoms with Gasteiger partial charge in [0.1, 0.15) is 6.04 Å². The lowest BCUT2D eigenvalue weighted by Gasteiger charge is -2.40. The second-order valence-corrected chi connectivity index (χ2v) is 10.7. The summed E-state index contributed by atoms with van der Waals surface area (Å²) in [4.78, 5) is 41.2. The Labute approximate surface area is 225 Å². The van der Waals surface area contributed by atoms with Gasteiger partial charge in [0, 0.05) is 33.1 Å². The van der Waals surface area contributed by atoms with E-state index in [4.69, 9.17) is 10.5 Å². The van der Waals surface area contributed by atoms with Gasteiger partial charge in [0.25, 0.3) is 0 Å². The Kier molecular flexibility index (Phi) is 10.4. The number of hydrogen-bond acceptors (Lipinski definition) is 6. The summed E-state index contributed by atoms with van der Waals surface area (Å²) in [5.41, 5.74) is 9.81. The summed E-state index contributed by atoms with van der Waals surface area (Å²) in [5, 5.41) is 4.44. The van der Waals surface area contributed by atoms with Crippen LogP contribution in [-0.4, -0.2) is 73.0 Å². The lowest BCUT2D eigenvalue weighted by Crippen LogP contribution is -2.59. The predicted octanol–water partition coefficient (Wildman–Crippen LogP) is 1.73. The van der Waals surface area contributed by atoms with Gasteiger partial charge < -0.3 is 20.7 Å². The lowest BCUT2D eigenvalue weighted by molar-refractivity contribution is -0.144. The molecule has 0 saturated carbocycles. The first-order chi connectivity index (χ1) is 18.0. The standard InChI is InChI=1S/C29H41N5O4/c1-29(2,30)28(37)31-25(20-38-19-22-13-9-6-10-14-22)27(36)34-16-15-24(26(35)32-33(3)4)23(18-34)17-21-11-7-5-8-12-21/h5-14,23-25H,15-20,30H2,1-4H3,(H,31,37)(H,32,35)/t23-,24-,25+/m0/s1. The Bertz CT molecular complexity index is 1060. The molecule has 3 atom stereocenters. The summed E-state index contributed by atoms with van der Waals surface area (Å²) >= 11 is 0. The normalized spacial score (nSPS) is 18.6. The second kappa shape index (κ2) is 13.5. The highest BCUT2D eigenvalue weighted by atomic mass is 16.5. The Balaban J connectivity index is 1.75. The zero-order valence-corrected chi connectivity index (χ0v) is 22.9. The van der Waals surface area contributed by atoms with E-state index in [9.17, 15) is 14.4 Å². The van der Waals surface area contributed by atoms with E-state index >= 15 is 0 Å². The summed E-state index contributed by atoms with van der Waals surface area (Å²) in [7, 11) is 3.56. The Morgan fingerprint density at radius 1 is 1.05 bits per heavy atom.